The molecule has 1 aromatic rings. The van der Waals surface area contributed by atoms with Gasteiger partial charge in [0.1, 0.15) is 5.82 Å². The Morgan fingerprint density at radius 3 is 2.84 bits per heavy atom. The maximum atomic E-state index is 12.0. The molecule has 106 valence electrons. The van der Waals surface area contributed by atoms with Gasteiger partial charge in [-0.15, -0.1) is 10.2 Å². The third-order valence-electron chi connectivity index (χ3n) is 3.26. The number of fused-ring (bicyclic) bond motifs is 1. The van der Waals surface area contributed by atoms with Gasteiger partial charge < -0.3 is 14.8 Å². The van der Waals surface area contributed by atoms with Gasteiger partial charge in [0.15, 0.2) is 5.82 Å². The van der Waals surface area contributed by atoms with E-state index in [1.807, 2.05) is 27.8 Å². The fourth-order valence-corrected chi connectivity index (χ4v) is 2.10. The highest BCUT2D eigenvalue weighted by Gasteiger charge is 2.20. The molecule has 0 radical (unpaired) electrons. The summed E-state index contributed by atoms with van der Waals surface area (Å²) in [5.41, 5.74) is -0.0490. The van der Waals surface area contributed by atoms with Crippen molar-refractivity contribution in [2.75, 3.05) is 13.6 Å². The van der Waals surface area contributed by atoms with Crippen molar-refractivity contribution < 1.29 is 4.79 Å². The van der Waals surface area contributed by atoms with Crippen LogP contribution in [0, 0.1) is 0 Å². The molecule has 0 unspecified atom stereocenters. The van der Waals surface area contributed by atoms with E-state index < -0.39 is 0 Å². The molecule has 1 aromatic heterocycles. The van der Waals surface area contributed by atoms with Crippen molar-refractivity contribution in [1.29, 1.82) is 0 Å². The van der Waals surface area contributed by atoms with Crippen molar-refractivity contribution in [3.05, 3.63) is 11.6 Å². The van der Waals surface area contributed by atoms with Gasteiger partial charge in [-0.2, -0.15) is 0 Å². The summed E-state index contributed by atoms with van der Waals surface area (Å²) in [5.74, 6) is 2.01. The van der Waals surface area contributed by atoms with Crippen molar-refractivity contribution in [2.24, 2.45) is 0 Å². The molecule has 19 heavy (non-hydrogen) atoms. The second-order valence-corrected chi connectivity index (χ2v) is 6.14. The van der Waals surface area contributed by atoms with Gasteiger partial charge >= 0.3 is 0 Å². The smallest absolute Gasteiger partial charge is 0.236 e. The van der Waals surface area contributed by atoms with Crippen LogP contribution in [-0.4, -0.2) is 44.7 Å². The van der Waals surface area contributed by atoms with Crippen LogP contribution in [0.15, 0.2) is 0 Å². The number of nitrogens with zero attached hydrogens (tertiary/aromatic N) is 4. The number of hydrogen-bond donors (Lipinski definition) is 1. The molecule has 0 spiro atoms. The van der Waals surface area contributed by atoms with Crippen LogP contribution in [0.3, 0.4) is 0 Å². The first-order valence-corrected chi connectivity index (χ1v) is 6.77. The summed E-state index contributed by atoms with van der Waals surface area (Å²) >= 11 is 0. The Labute approximate surface area is 114 Å². The Balaban J connectivity index is 1.90. The zero-order valence-electron chi connectivity index (χ0n) is 12.2. The van der Waals surface area contributed by atoms with Gasteiger partial charge in [0.2, 0.25) is 5.91 Å². The molecule has 0 saturated heterocycles. The van der Waals surface area contributed by atoms with Crippen molar-refractivity contribution >= 4 is 5.91 Å². The molecular formula is C13H23N5O. The van der Waals surface area contributed by atoms with Crippen LogP contribution in [0.2, 0.25) is 0 Å². The third-order valence-corrected chi connectivity index (χ3v) is 3.26. The minimum atomic E-state index is -0.0490. The summed E-state index contributed by atoms with van der Waals surface area (Å²) in [6, 6.07) is 0. The van der Waals surface area contributed by atoms with Crippen molar-refractivity contribution in [3.8, 4) is 0 Å². The fraction of sp³-hybridized carbons (Fsp3) is 0.769. The number of aromatic nitrogens is 3. The maximum Gasteiger partial charge on any atom is 0.236 e. The van der Waals surface area contributed by atoms with Gasteiger partial charge in [-0.3, -0.25) is 4.79 Å². The number of amides is 1. The lowest BCUT2D eigenvalue weighted by Gasteiger charge is -2.23. The number of carbonyl (C=O) groups is 1. The number of hydrogen-bond acceptors (Lipinski definition) is 4. The predicted molar refractivity (Wildman–Crippen MR) is 72.6 cm³/mol. The van der Waals surface area contributed by atoms with Crippen molar-refractivity contribution in [1.82, 2.24) is 25.0 Å². The molecule has 0 bridgehead atoms. The molecule has 0 saturated carbocycles. The number of nitrogens with one attached hydrogen (secondary N) is 1. The maximum absolute atomic E-state index is 12.0. The average molecular weight is 265 g/mol. The lowest BCUT2D eigenvalue weighted by Crippen LogP contribution is -2.43. The van der Waals surface area contributed by atoms with Crippen LogP contribution in [0.1, 0.15) is 38.8 Å². The second kappa shape index (κ2) is 5.28. The molecule has 0 aliphatic carbocycles. The quantitative estimate of drug-likeness (QED) is 0.864. The van der Waals surface area contributed by atoms with E-state index in [1.165, 1.54) is 0 Å². The van der Waals surface area contributed by atoms with E-state index in [-0.39, 0.29) is 11.4 Å². The van der Waals surface area contributed by atoms with Crippen LogP contribution in [0.5, 0.6) is 0 Å². The standard InChI is InChI=1S/C13H23N5O/c1-13(2,3)14-8-12(19)17(4)9-11-16-15-10-6-5-7-18(10)11/h14H,5-9H2,1-4H3. The van der Waals surface area contributed by atoms with Gasteiger partial charge in [0, 0.05) is 25.6 Å². The molecule has 6 nitrogen and oxygen atoms in total. The Morgan fingerprint density at radius 1 is 1.42 bits per heavy atom. The van der Waals surface area contributed by atoms with E-state index in [0.717, 1.165) is 31.0 Å². The summed E-state index contributed by atoms with van der Waals surface area (Å²) < 4.78 is 2.13. The predicted octanol–water partition coefficient (Wildman–Crippen LogP) is 0.571. The van der Waals surface area contributed by atoms with Crippen LogP contribution >= 0.6 is 0 Å². The molecular weight excluding hydrogens is 242 g/mol. The van der Waals surface area contributed by atoms with Gasteiger partial charge in [-0.25, -0.2) is 0 Å². The Hall–Kier alpha value is -1.43. The first-order chi connectivity index (χ1) is 8.87. The molecule has 1 N–H and O–H groups in total. The van der Waals surface area contributed by atoms with Crippen LogP contribution in [0.4, 0.5) is 0 Å². The summed E-state index contributed by atoms with van der Waals surface area (Å²) in [5, 5.41) is 11.5. The Morgan fingerprint density at radius 2 is 2.16 bits per heavy atom. The molecule has 0 fully saturated rings. The van der Waals surface area contributed by atoms with E-state index in [4.69, 9.17) is 0 Å². The lowest BCUT2D eigenvalue weighted by atomic mass is 10.1. The highest BCUT2D eigenvalue weighted by atomic mass is 16.2. The van der Waals surface area contributed by atoms with Crippen LogP contribution < -0.4 is 5.32 Å². The molecule has 0 aromatic carbocycles. The van der Waals surface area contributed by atoms with Crippen LogP contribution in [-0.2, 0) is 24.3 Å². The second-order valence-electron chi connectivity index (χ2n) is 6.14. The van der Waals surface area contributed by atoms with Crippen molar-refractivity contribution in [3.63, 3.8) is 0 Å². The molecule has 1 amide bonds. The van der Waals surface area contributed by atoms with Crippen LogP contribution in [0.25, 0.3) is 0 Å². The minimum Gasteiger partial charge on any atom is -0.337 e. The highest BCUT2D eigenvalue weighted by Crippen LogP contribution is 2.14. The van der Waals surface area contributed by atoms with E-state index in [9.17, 15) is 4.79 Å². The first kappa shape index (κ1) is 14.0. The van der Waals surface area contributed by atoms with E-state index in [1.54, 1.807) is 4.90 Å². The SMILES string of the molecule is CN(Cc1nnc2n1CCC2)C(=O)CNC(C)(C)C. The van der Waals surface area contributed by atoms with Gasteiger partial charge in [-0.05, 0) is 27.2 Å². The molecule has 2 heterocycles. The topological polar surface area (TPSA) is 63.1 Å². The molecule has 1 aliphatic heterocycles. The summed E-state index contributed by atoms with van der Waals surface area (Å²) in [7, 11) is 1.81. The Bertz CT molecular complexity index is 460. The normalized spacial score (nSPS) is 14.5. The van der Waals surface area contributed by atoms with E-state index >= 15 is 0 Å². The highest BCUT2D eigenvalue weighted by molar-refractivity contribution is 5.77. The summed E-state index contributed by atoms with van der Waals surface area (Å²) in [6.45, 7) is 7.99. The van der Waals surface area contributed by atoms with Gasteiger partial charge in [0.25, 0.3) is 0 Å². The number of carbonyl (C=O) groups excluding carboxylic acids is 1. The van der Waals surface area contributed by atoms with Gasteiger partial charge in [-0.1, -0.05) is 0 Å². The summed E-state index contributed by atoms with van der Waals surface area (Å²) in [6.07, 6.45) is 2.12. The Kier molecular flexibility index (Phi) is 3.89. The fourth-order valence-electron chi connectivity index (χ4n) is 2.10. The number of aryl methyl sites for hydroxylation is 1. The van der Waals surface area contributed by atoms with E-state index in [0.29, 0.717) is 13.1 Å². The third kappa shape index (κ3) is 3.53. The average Bonchev–Trinajstić information content (AvgIpc) is 2.89. The van der Waals surface area contributed by atoms with Crippen molar-refractivity contribution in [2.45, 2.75) is 52.2 Å². The zero-order valence-corrected chi connectivity index (χ0v) is 12.2. The lowest BCUT2D eigenvalue weighted by molar-refractivity contribution is -0.129. The molecule has 6 heteroatoms. The van der Waals surface area contributed by atoms with Gasteiger partial charge in [0.05, 0.1) is 13.1 Å². The number of rotatable bonds is 4. The van der Waals surface area contributed by atoms with E-state index in [2.05, 4.69) is 20.1 Å². The summed E-state index contributed by atoms with van der Waals surface area (Å²) in [4.78, 5) is 13.7. The zero-order chi connectivity index (χ0) is 14.0. The largest absolute Gasteiger partial charge is 0.337 e. The molecule has 1 aliphatic rings. The molecule has 0 atom stereocenters. The monoisotopic (exact) mass is 265 g/mol. The number of likely N-dealkylation sites (N-methyl/N-ethyl adjacent to an activating group) is 1. The first-order valence-electron chi connectivity index (χ1n) is 6.77. The minimum absolute atomic E-state index is 0.0490. The molecule has 2 rings (SSSR count).